The molecule has 0 radical (unpaired) electrons. The van der Waals surface area contributed by atoms with Crippen LogP contribution < -0.4 is 10.2 Å². The predicted octanol–water partition coefficient (Wildman–Crippen LogP) is 3.74. The molecule has 0 saturated carbocycles. The first kappa shape index (κ1) is 20.5. The van der Waals surface area contributed by atoms with Crippen molar-refractivity contribution < 1.29 is 19.1 Å². The molecule has 2 aromatic carbocycles. The van der Waals surface area contributed by atoms with Crippen molar-refractivity contribution in [1.29, 1.82) is 0 Å². The predicted molar refractivity (Wildman–Crippen MR) is 105 cm³/mol. The zero-order valence-electron chi connectivity index (χ0n) is 15.6. The Bertz CT molecular complexity index is 875. The summed E-state index contributed by atoms with van der Waals surface area (Å²) in [5, 5.41) is 2.92. The van der Waals surface area contributed by atoms with Crippen LogP contribution in [0.5, 0.6) is 0 Å². The zero-order valence-corrected chi connectivity index (χ0v) is 16.4. The highest BCUT2D eigenvalue weighted by molar-refractivity contribution is 6.34. The molecule has 0 aliphatic rings. The van der Waals surface area contributed by atoms with E-state index in [1.54, 1.807) is 0 Å². The quantitative estimate of drug-likeness (QED) is 0.792. The number of benzene rings is 2. The molecule has 0 saturated heterocycles. The molecule has 0 unspecified atom stereocenters. The first-order valence-electron chi connectivity index (χ1n) is 8.25. The number of halogens is 1. The molecule has 0 atom stereocenters. The Morgan fingerprint density at radius 2 is 1.70 bits per heavy atom. The molecule has 7 heteroatoms. The Balaban J connectivity index is 2.22. The molecule has 0 aliphatic heterocycles. The molecule has 6 nitrogen and oxygen atoms in total. The summed E-state index contributed by atoms with van der Waals surface area (Å²) in [5.41, 5.74) is 3.16. The number of methoxy groups -OCH3 is 1. The fraction of sp³-hybridized carbons (Fsp3) is 0.250. The van der Waals surface area contributed by atoms with Gasteiger partial charge in [0.15, 0.2) is 0 Å². The van der Waals surface area contributed by atoms with E-state index >= 15 is 0 Å². The van der Waals surface area contributed by atoms with Crippen LogP contribution >= 0.6 is 11.6 Å². The molecule has 0 aromatic heterocycles. The Morgan fingerprint density at radius 3 is 2.26 bits per heavy atom. The number of hydrogen-bond acceptors (Lipinski definition) is 4. The van der Waals surface area contributed by atoms with Crippen LogP contribution in [0.3, 0.4) is 0 Å². The number of ether oxygens (including phenoxy) is 1. The molecule has 142 valence electrons. The van der Waals surface area contributed by atoms with Gasteiger partial charge in [0, 0.05) is 12.6 Å². The van der Waals surface area contributed by atoms with Gasteiger partial charge in [0.05, 0.1) is 23.4 Å². The molecule has 2 aromatic rings. The highest BCUT2D eigenvalue weighted by Crippen LogP contribution is 2.24. The van der Waals surface area contributed by atoms with Gasteiger partial charge >= 0.3 is 5.97 Å². The van der Waals surface area contributed by atoms with Gasteiger partial charge in [-0.05, 0) is 55.3 Å². The van der Waals surface area contributed by atoms with Crippen LogP contribution in [0.4, 0.5) is 11.4 Å². The fourth-order valence-corrected chi connectivity index (χ4v) is 2.85. The van der Waals surface area contributed by atoms with E-state index in [1.807, 2.05) is 32.0 Å². The summed E-state index contributed by atoms with van der Waals surface area (Å²) < 4.78 is 4.66. The number of nitrogens with one attached hydrogen (secondary N) is 1. The van der Waals surface area contributed by atoms with Gasteiger partial charge in [0.25, 0.3) is 0 Å². The lowest BCUT2D eigenvalue weighted by molar-refractivity contribution is -0.120. The van der Waals surface area contributed by atoms with E-state index < -0.39 is 11.9 Å². The maximum absolute atomic E-state index is 12.5. The molecule has 2 amide bonds. The smallest absolute Gasteiger partial charge is 0.337 e. The Kier molecular flexibility index (Phi) is 6.58. The largest absolute Gasteiger partial charge is 0.465 e. The van der Waals surface area contributed by atoms with Gasteiger partial charge in [0.2, 0.25) is 11.8 Å². The average molecular weight is 389 g/mol. The van der Waals surface area contributed by atoms with E-state index in [0.717, 1.165) is 11.1 Å². The van der Waals surface area contributed by atoms with Crippen LogP contribution in [-0.2, 0) is 14.3 Å². The Hall–Kier alpha value is -2.86. The number of amides is 2. The zero-order chi connectivity index (χ0) is 20.1. The molecule has 0 fully saturated rings. The number of aryl methyl sites for hydroxylation is 2. The van der Waals surface area contributed by atoms with Gasteiger partial charge in [-0.2, -0.15) is 0 Å². The fourth-order valence-electron chi connectivity index (χ4n) is 2.69. The summed E-state index contributed by atoms with van der Waals surface area (Å²) in [4.78, 5) is 37.6. The van der Waals surface area contributed by atoms with Gasteiger partial charge < -0.3 is 15.0 Å². The van der Waals surface area contributed by atoms with Gasteiger partial charge in [0.1, 0.15) is 6.54 Å². The van der Waals surface area contributed by atoms with E-state index in [1.165, 1.54) is 37.1 Å². The third kappa shape index (κ3) is 5.31. The van der Waals surface area contributed by atoms with E-state index in [0.29, 0.717) is 5.69 Å². The van der Waals surface area contributed by atoms with Gasteiger partial charge in [-0.1, -0.05) is 17.7 Å². The van der Waals surface area contributed by atoms with Gasteiger partial charge in [-0.3, -0.25) is 9.59 Å². The SMILES string of the molecule is COC(=O)c1ccc(Cl)c(NC(=O)CN(C(C)=O)c2cc(C)cc(C)c2)c1. The second-order valence-corrected chi connectivity index (χ2v) is 6.59. The molecule has 0 heterocycles. The summed E-state index contributed by atoms with van der Waals surface area (Å²) >= 11 is 6.10. The lowest BCUT2D eigenvalue weighted by atomic mass is 10.1. The van der Waals surface area contributed by atoms with E-state index in [4.69, 9.17) is 11.6 Å². The molecule has 27 heavy (non-hydrogen) atoms. The highest BCUT2D eigenvalue weighted by atomic mass is 35.5. The topological polar surface area (TPSA) is 75.7 Å². The molecular formula is C20H21ClN2O4. The second-order valence-electron chi connectivity index (χ2n) is 6.19. The summed E-state index contributed by atoms with van der Waals surface area (Å²) in [6.07, 6.45) is 0. The van der Waals surface area contributed by atoms with Crippen LogP contribution in [0.1, 0.15) is 28.4 Å². The van der Waals surface area contributed by atoms with Crippen LogP contribution in [0, 0.1) is 13.8 Å². The normalized spacial score (nSPS) is 10.3. The summed E-state index contributed by atoms with van der Waals surface area (Å²) in [6, 6.07) is 10.1. The first-order chi connectivity index (χ1) is 12.7. The van der Waals surface area contributed by atoms with Crippen molar-refractivity contribution in [2.75, 3.05) is 23.9 Å². The number of anilines is 2. The van der Waals surface area contributed by atoms with Crippen molar-refractivity contribution in [3.05, 3.63) is 58.1 Å². The monoisotopic (exact) mass is 388 g/mol. The van der Waals surface area contributed by atoms with Gasteiger partial charge in [-0.25, -0.2) is 4.79 Å². The standard InChI is InChI=1S/C20H21ClN2O4/c1-12-7-13(2)9-16(8-12)23(14(3)24)11-19(25)22-18-10-15(20(26)27-4)5-6-17(18)21/h5-10H,11H2,1-4H3,(H,22,25). The molecule has 0 spiro atoms. The number of hydrogen-bond donors (Lipinski definition) is 1. The third-order valence-electron chi connectivity index (χ3n) is 3.86. The van der Waals surface area contributed by atoms with Crippen molar-refractivity contribution in [3.8, 4) is 0 Å². The average Bonchev–Trinajstić information content (AvgIpc) is 2.59. The van der Waals surface area contributed by atoms with Crippen molar-refractivity contribution in [2.45, 2.75) is 20.8 Å². The summed E-state index contributed by atoms with van der Waals surface area (Å²) in [6.45, 7) is 5.06. The van der Waals surface area contributed by atoms with Crippen molar-refractivity contribution in [2.24, 2.45) is 0 Å². The minimum absolute atomic E-state index is 0.184. The van der Waals surface area contributed by atoms with Crippen LogP contribution in [0.15, 0.2) is 36.4 Å². The van der Waals surface area contributed by atoms with E-state index in [9.17, 15) is 14.4 Å². The highest BCUT2D eigenvalue weighted by Gasteiger charge is 2.18. The molecule has 0 bridgehead atoms. The van der Waals surface area contributed by atoms with E-state index in [-0.39, 0.29) is 28.7 Å². The van der Waals surface area contributed by atoms with Crippen molar-refractivity contribution in [3.63, 3.8) is 0 Å². The maximum Gasteiger partial charge on any atom is 0.337 e. The van der Waals surface area contributed by atoms with Gasteiger partial charge in [-0.15, -0.1) is 0 Å². The molecule has 1 N–H and O–H groups in total. The minimum Gasteiger partial charge on any atom is -0.465 e. The molecule has 2 rings (SSSR count). The minimum atomic E-state index is -0.539. The molecular weight excluding hydrogens is 368 g/mol. The maximum atomic E-state index is 12.5. The third-order valence-corrected chi connectivity index (χ3v) is 4.19. The number of carbonyl (C=O) groups excluding carboxylic acids is 3. The summed E-state index contributed by atoms with van der Waals surface area (Å²) in [5.74, 6) is -1.24. The van der Waals surface area contributed by atoms with Crippen LogP contribution in [0.2, 0.25) is 5.02 Å². The number of esters is 1. The Morgan fingerprint density at radius 1 is 1.07 bits per heavy atom. The Labute approximate surface area is 163 Å². The first-order valence-corrected chi connectivity index (χ1v) is 8.63. The molecule has 0 aliphatic carbocycles. The van der Waals surface area contributed by atoms with Crippen molar-refractivity contribution in [1.82, 2.24) is 0 Å². The lowest BCUT2D eigenvalue weighted by Crippen LogP contribution is -2.36. The van der Waals surface area contributed by atoms with Crippen molar-refractivity contribution >= 4 is 40.8 Å². The lowest BCUT2D eigenvalue weighted by Gasteiger charge is -2.22. The number of nitrogens with zero attached hydrogens (tertiary/aromatic N) is 1. The number of rotatable bonds is 5. The van der Waals surface area contributed by atoms with Crippen LogP contribution in [-0.4, -0.2) is 31.4 Å². The van der Waals surface area contributed by atoms with Crippen LogP contribution in [0.25, 0.3) is 0 Å². The number of carbonyl (C=O) groups is 3. The summed E-state index contributed by atoms with van der Waals surface area (Å²) in [7, 11) is 1.27. The second kappa shape index (κ2) is 8.68. The van der Waals surface area contributed by atoms with E-state index in [2.05, 4.69) is 10.1 Å².